The number of carbonyl (C=O) groups is 4. The zero-order chi connectivity index (χ0) is 71.6. The second kappa shape index (κ2) is 68.5. The molecule has 3 unspecified atom stereocenters. The summed E-state index contributed by atoms with van der Waals surface area (Å²) < 4.78 is 68.6. The van der Waals surface area contributed by atoms with E-state index in [1.165, 1.54) is 205 Å². The van der Waals surface area contributed by atoms with Crippen LogP contribution in [0.1, 0.15) is 402 Å². The van der Waals surface area contributed by atoms with Crippen LogP contribution in [0.2, 0.25) is 0 Å². The molecule has 0 aromatic carbocycles. The number of esters is 4. The van der Waals surface area contributed by atoms with E-state index in [1.54, 1.807) is 0 Å². The summed E-state index contributed by atoms with van der Waals surface area (Å²) in [7, 11) is -9.91. The van der Waals surface area contributed by atoms with E-state index in [0.29, 0.717) is 25.7 Å². The molecule has 19 heteroatoms. The summed E-state index contributed by atoms with van der Waals surface area (Å²) >= 11 is 0. The van der Waals surface area contributed by atoms with E-state index < -0.39 is 97.5 Å². The minimum atomic E-state index is -4.96. The van der Waals surface area contributed by atoms with Crippen LogP contribution in [-0.2, 0) is 65.4 Å². The molecule has 0 rings (SSSR count). The molecule has 97 heavy (non-hydrogen) atoms. The van der Waals surface area contributed by atoms with Gasteiger partial charge in [0.15, 0.2) is 12.2 Å². The van der Waals surface area contributed by atoms with Crippen LogP contribution in [-0.4, -0.2) is 96.7 Å². The molecule has 0 heterocycles. The molecular weight excluding hydrogens is 1270 g/mol. The predicted molar refractivity (Wildman–Crippen MR) is 395 cm³/mol. The van der Waals surface area contributed by atoms with Crippen molar-refractivity contribution in [2.24, 2.45) is 17.8 Å². The van der Waals surface area contributed by atoms with E-state index >= 15 is 0 Å². The third-order valence-electron chi connectivity index (χ3n) is 18.5. The summed E-state index contributed by atoms with van der Waals surface area (Å²) in [4.78, 5) is 72.9. The first kappa shape index (κ1) is 95.1. The van der Waals surface area contributed by atoms with Crippen LogP contribution in [0.25, 0.3) is 0 Å². The van der Waals surface area contributed by atoms with Gasteiger partial charge in [0.05, 0.1) is 26.4 Å². The lowest BCUT2D eigenvalue weighted by Crippen LogP contribution is -2.30. The van der Waals surface area contributed by atoms with Crippen molar-refractivity contribution in [1.82, 2.24) is 0 Å². The molecule has 0 aromatic heterocycles. The number of ether oxygens (including phenoxy) is 4. The zero-order valence-corrected chi connectivity index (χ0v) is 65.3. The topological polar surface area (TPSA) is 237 Å². The summed E-state index contributed by atoms with van der Waals surface area (Å²) in [5, 5.41) is 10.6. The summed E-state index contributed by atoms with van der Waals surface area (Å²) in [5.41, 5.74) is 0. The number of phosphoric acid groups is 2. The highest BCUT2D eigenvalue weighted by Gasteiger charge is 2.30. The van der Waals surface area contributed by atoms with Gasteiger partial charge in [-0.1, -0.05) is 350 Å². The fourth-order valence-corrected chi connectivity index (χ4v) is 13.5. The van der Waals surface area contributed by atoms with Gasteiger partial charge in [0, 0.05) is 25.7 Å². The molecule has 17 nitrogen and oxygen atoms in total. The van der Waals surface area contributed by atoms with Gasteiger partial charge in [-0.2, -0.15) is 0 Å². The fourth-order valence-electron chi connectivity index (χ4n) is 11.9. The summed E-state index contributed by atoms with van der Waals surface area (Å²) in [5.74, 6) is 0.207. The largest absolute Gasteiger partial charge is 0.472 e. The van der Waals surface area contributed by atoms with Crippen molar-refractivity contribution in [3.63, 3.8) is 0 Å². The van der Waals surface area contributed by atoms with Crippen molar-refractivity contribution < 1.29 is 80.2 Å². The van der Waals surface area contributed by atoms with Crippen LogP contribution in [0.4, 0.5) is 0 Å². The van der Waals surface area contributed by atoms with E-state index in [-0.39, 0.29) is 25.7 Å². The Morgan fingerprint density at radius 3 is 0.784 bits per heavy atom. The molecule has 0 saturated heterocycles. The molecule has 0 amide bonds. The van der Waals surface area contributed by atoms with Gasteiger partial charge in [0.25, 0.3) is 0 Å². The Balaban J connectivity index is 5.21. The van der Waals surface area contributed by atoms with Crippen LogP contribution in [0.5, 0.6) is 0 Å². The number of phosphoric ester groups is 2. The number of carbonyl (C=O) groups excluding carboxylic acids is 4. The number of hydrogen-bond acceptors (Lipinski definition) is 15. The Morgan fingerprint density at radius 2 is 0.526 bits per heavy atom. The smallest absolute Gasteiger partial charge is 0.462 e. The first-order chi connectivity index (χ1) is 46.8. The Hall–Kier alpha value is -1.94. The SMILES string of the molecule is CCCCCCCCCCCCCCC(=O)O[C@H](COC(=O)CCCCCCCCC(C)CC)COP(=O)(O)OC[C@H](O)COP(=O)(O)OC[C@@H](COC(=O)CCCCCCCCCCCCCC(C)C)OC(=O)CCCCCCCCCCCCCCCCCCCCC(C)C. The molecule has 0 aliphatic heterocycles. The van der Waals surface area contributed by atoms with Gasteiger partial charge in [-0.05, 0) is 43.4 Å². The van der Waals surface area contributed by atoms with Crippen LogP contribution in [0, 0.1) is 17.8 Å². The Labute approximate surface area is 594 Å². The summed E-state index contributed by atoms with van der Waals surface area (Å²) in [6.45, 7) is 11.9. The second-order valence-corrected chi connectivity index (χ2v) is 32.2. The quantitative estimate of drug-likeness (QED) is 0.0222. The number of hydrogen-bond donors (Lipinski definition) is 3. The lowest BCUT2D eigenvalue weighted by Gasteiger charge is -2.21. The van der Waals surface area contributed by atoms with Crippen molar-refractivity contribution in [1.29, 1.82) is 0 Å². The maximum Gasteiger partial charge on any atom is 0.472 e. The first-order valence-electron chi connectivity index (χ1n) is 40.4. The second-order valence-electron chi connectivity index (χ2n) is 29.3. The average molecular weight is 1420 g/mol. The van der Waals surface area contributed by atoms with Crippen molar-refractivity contribution in [3.8, 4) is 0 Å². The van der Waals surface area contributed by atoms with Gasteiger partial charge < -0.3 is 33.8 Å². The van der Waals surface area contributed by atoms with Crippen LogP contribution in [0.15, 0.2) is 0 Å². The molecule has 0 aromatic rings. The average Bonchev–Trinajstić information content (AvgIpc) is 0.980. The molecule has 0 radical (unpaired) electrons. The summed E-state index contributed by atoms with van der Waals surface area (Å²) in [6.07, 6.45) is 55.5. The van der Waals surface area contributed by atoms with Crippen molar-refractivity contribution in [2.75, 3.05) is 39.6 Å². The van der Waals surface area contributed by atoms with Gasteiger partial charge in [-0.15, -0.1) is 0 Å². The molecular formula is C78H152O17P2. The lowest BCUT2D eigenvalue weighted by atomic mass is 10.00. The highest BCUT2D eigenvalue weighted by atomic mass is 31.2. The van der Waals surface area contributed by atoms with E-state index in [2.05, 4.69) is 48.5 Å². The molecule has 0 bridgehead atoms. The molecule has 0 aliphatic carbocycles. The minimum Gasteiger partial charge on any atom is -0.462 e. The standard InChI is InChI=1S/C78H152O17P2/c1-8-10-11-12-13-14-15-27-33-38-47-54-61-77(82)95-74(66-89-76(81)60-53-46-41-40-44-51-58-71(7)9-2)68-93-97(86,87)91-64-72(79)63-90-96(84,85)92-67-73(65-88-75(80)59-52-45-37-32-29-24-26-31-36-43-50-57-70(5)6)94-78(83)62-55-48-39-34-28-23-21-19-17-16-18-20-22-25-30-35-42-49-56-69(3)4/h69-74,79H,8-68H2,1-7H3,(H,84,85)(H,86,87)/t71?,72-,73-,74-/m1/s1. The Kier molecular flexibility index (Phi) is 67.1. The van der Waals surface area contributed by atoms with Crippen molar-refractivity contribution in [2.45, 2.75) is 420 Å². The van der Waals surface area contributed by atoms with Gasteiger partial charge in [-0.25, -0.2) is 9.13 Å². The van der Waals surface area contributed by atoms with Crippen molar-refractivity contribution in [3.05, 3.63) is 0 Å². The fraction of sp³-hybridized carbons (Fsp3) is 0.949. The number of rotatable bonds is 76. The van der Waals surface area contributed by atoms with E-state index in [9.17, 15) is 43.2 Å². The van der Waals surface area contributed by atoms with Crippen LogP contribution < -0.4 is 0 Å². The molecule has 3 N–H and O–H groups in total. The van der Waals surface area contributed by atoms with Crippen LogP contribution >= 0.6 is 15.6 Å². The van der Waals surface area contributed by atoms with E-state index in [4.69, 9.17) is 37.0 Å². The van der Waals surface area contributed by atoms with Gasteiger partial charge in [0.1, 0.15) is 19.3 Å². The first-order valence-corrected chi connectivity index (χ1v) is 43.4. The monoisotopic (exact) mass is 1420 g/mol. The normalized spacial score (nSPS) is 14.3. The maximum absolute atomic E-state index is 13.1. The number of unbranched alkanes of at least 4 members (excludes halogenated alkanes) is 43. The summed E-state index contributed by atoms with van der Waals surface area (Å²) in [6, 6.07) is 0. The van der Waals surface area contributed by atoms with Crippen LogP contribution in [0.3, 0.4) is 0 Å². The zero-order valence-electron chi connectivity index (χ0n) is 63.5. The highest BCUT2D eigenvalue weighted by Crippen LogP contribution is 2.45. The number of aliphatic hydroxyl groups is 1. The molecule has 6 atom stereocenters. The Bertz CT molecular complexity index is 1890. The molecule has 0 saturated carbocycles. The predicted octanol–water partition coefficient (Wildman–Crippen LogP) is 23.0. The third kappa shape index (κ3) is 70.9. The third-order valence-corrected chi connectivity index (χ3v) is 20.4. The van der Waals surface area contributed by atoms with Crippen molar-refractivity contribution >= 4 is 39.5 Å². The van der Waals surface area contributed by atoms with Gasteiger partial charge >= 0.3 is 39.5 Å². The molecule has 0 aliphatic rings. The highest BCUT2D eigenvalue weighted by molar-refractivity contribution is 7.47. The van der Waals surface area contributed by atoms with Gasteiger partial charge in [-0.3, -0.25) is 37.3 Å². The number of aliphatic hydroxyl groups excluding tert-OH is 1. The minimum absolute atomic E-state index is 0.106. The van der Waals surface area contributed by atoms with E-state index in [1.807, 2.05) is 0 Å². The molecule has 0 fully saturated rings. The maximum atomic E-state index is 13.1. The lowest BCUT2D eigenvalue weighted by molar-refractivity contribution is -0.161. The van der Waals surface area contributed by atoms with Gasteiger partial charge in [0.2, 0.25) is 0 Å². The Morgan fingerprint density at radius 1 is 0.299 bits per heavy atom. The van der Waals surface area contributed by atoms with E-state index in [0.717, 1.165) is 114 Å². The molecule has 0 spiro atoms. The molecule has 576 valence electrons.